The molecule has 0 amide bonds. The van der Waals surface area contributed by atoms with Crippen LogP contribution in [0.25, 0.3) is 0 Å². The van der Waals surface area contributed by atoms with Crippen molar-refractivity contribution in [2.75, 3.05) is 39.0 Å². The topological polar surface area (TPSA) is 73.8 Å². The molecule has 1 fully saturated rings. The SMILES string of the molecule is CCNC(=NCC(C)(C)N1CCCCC1)NCCc1ccc(S(C)(=O)=O)cc1.I. The molecule has 2 N–H and O–H groups in total. The van der Waals surface area contributed by atoms with Crippen molar-refractivity contribution in [3.05, 3.63) is 29.8 Å². The summed E-state index contributed by atoms with van der Waals surface area (Å²) >= 11 is 0. The summed E-state index contributed by atoms with van der Waals surface area (Å²) in [6.07, 6.45) is 5.94. The Morgan fingerprint density at radius 1 is 1.10 bits per heavy atom. The third-order valence-electron chi connectivity index (χ3n) is 5.24. The van der Waals surface area contributed by atoms with Crippen molar-refractivity contribution in [2.45, 2.75) is 56.9 Å². The lowest BCUT2D eigenvalue weighted by atomic mass is 9.99. The van der Waals surface area contributed by atoms with Crippen molar-refractivity contribution in [2.24, 2.45) is 4.99 Å². The lowest BCUT2D eigenvalue weighted by Gasteiger charge is -2.40. The molecule has 0 bridgehead atoms. The molecule has 0 saturated carbocycles. The van der Waals surface area contributed by atoms with Gasteiger partial charge in [0.2, 0.25) is 0 Å². The summed E-state index contributed by atoms with van der Waals surface area (Å²) in [5, 5.41) is 6.71. The summed E-state index contributed by atoms with van der Waals surface area (Å²) in [4.78, 5) is 7.72. The van der Waals surface area contributed by atoms with Gasteiger partial charge in [0, 0.05) is 24.9 Å². The predicted octanol–water partition coefficient (Wildman–Crippen LogP) is 3.07. The molecule has 1 heterocycles. The van der Waals surface area contributed by atoms with E-state index in [1.165, 1.54) is 25.5 Å². The first kappa shape index (κ1) is 26.2. The van der Waals surface area contributed by atoms with Crippen LogP contribution in [0.15, 0.2) is 34.2 Å². The molecule has 0 aromatic heterocycles. The summed E-state index contributed by atoms with van der Waals surface area (Å²) in [5.41, 5.74) is 1.16. The molecule has 1 aromatic rings. The lowest BCUT2D eigenvalue weighted by Crippen LogP contribution is -2.49. The highest BCUT2D eigenvalue weighted by Crippen LogP contribution is 2.20. The number of hydrogen-bond acceptors (Lipinski definition) is 4. The average molecular weight is 537 g/mol. The van der Waals surface area contributed by atoms with Gasteiger partial charge < -0.3 is 10.6 Å². The molecule has 0 aliphatic carbocycles. The van der Waals surface area contributed by atoms with Crippen LogP contribution in [0.1, 0.15) is 45.6 Å². The molecular weight excluding hydrogens is 499 g/mol. The molecule has 1 aliphatic rings. The molecule has 0 unspecified atom stereocenters. The van der Waals surface area contributed by atoms with E-state index in [-0.39, 0.29) is 29.5 Å². The number of halogens is 1. The van der Waals surface area contributed by atoms with Gasteiger partial charge in [0.15, 0.2) is 15.8 Å². The van der Waals surface area contributed by atoms with Crippen LogP contribution in [0.3, 0.4) is 0 Å². The zero-order valence-corrected chi connectivity index (χ0v) is 21.3. The number of nitrogens with one attached hydrogen (secondary N) is 2. The fourth-order valence-corrected chi connectivity index (χ4v) is 4.07. The van der Waals surface area contributed by atoms with E-state index < -0.39 is 9.84 Å². The van der Waals surface area contributed by atoms with E-state index in [4.69, 9.17) is 4.99 Å². The number of rotatable bonds is 8. The molecule has 1 aromatic carbocycles. The van der Waals surface area contributed by atoms with Gasteiger partial charge in [0.1, 0.15) is 0 Å². The summed E-state index contributed by atoms with van der Waals surface area (Å²) in [6.45, 7) is 11.3. The standard InChI is InChI=1S/C21H36N4O2S.HI/c1-5-22-20(24-17-21(2,3)25-15-7-6-8-16-25)23-14-13-18-9-11-19(12-10-18)28(4,26)27;/h9-12H,5-8,13-17H2,1-4H3,(H2,22,23,24);1H. The van der Waals surface area contributed by atoms with Crippen LogP contribution in [-0.4, -0.2) is 63.8 Å². The Morgan fingerprint density at radius 2 is 1.72 bits per heavy atom. The second-order valence-corrected chi connectivity index (χ2v) is 10.2. The van der Waals surface area contributed by atoms with Crippen LogP contribution in [0, 0.1) is 0 Å². The highest BCUT2D eigenvalue weighted by atomic mass is 127. The van der Waals surface area contributed by atoms with Gasteiger partial charge in [-0.05, 0) is 70.8 Å². The fraction of sp³-hybridized carbons (Fsp3) is 0.667. The molecule has 0 atom stereocenters. The van der Waals surface area contributed by atoms with E-state index in [9.17, 15) is 8.42 Å². The maximum Gasteiger partial charge on any atom is 0.191 e. The molecule has 8 heteroatoms. The molecule has 0 spiro atoms. The third kappa shape index (κ3) is 8.80. The number of hydrogen-bond donors (Lipinski definition) is 2. The van der Waals surface area contributed by atoms with Crippen molar-refractivity contribution >= 4 is 39.8 Å². The number of aliphatic imine (C=N–C) groups is 1. The van der Waals surface area contributed by atoms with Gasteiger partial charge in [0.25, 0.3) is 0 Å². The Balaban J connectivity index is 0.00000420. The number of benzene rings is 1. The zero-order valence-electron chi connectivity index (χ0n) is 18.2. The summed E-state index contributed by atoms with van der Waals surface area (Å²) in [5.74, 6) is 0.834. The molecular formula is C21H37IN4O2S. The van der Waals surface area contributed by atoms with Gasteiger partial charge >= 0.3 is 0 Å². The first-order valence-electron chi connectivity index (χ1n) is 10.3. The zero-order chi connectivity index (χ0) is 20.6. The normalized spacial score (nSPS) is 16.2. The minimum Gasteiger partial charge on any atom is -0.357 e. The predicted molar refractivity (Wildman–Crippen MR) is 132 cm³/mol. The van der Waals surface area contributed by atoms with Gasteiger partial charge in [-0.1, -0.05) is 18.6 Å². The highest BCUT2D eigenvalue weighted by molar-refractivity contribution is 14.0. The van der Waals surface area contributed by atoms with E-state index >= 15 is 0 Å². The number of likely N-dealkylation sites (tertiary alicyclic amines) is 1. The first-order chi connectivity index (χ1) is 13.2. The van der Waals surface area contributed by atoms with Crippen molar-refractivity contribution in [1.82, 2.24) is 15.5 Å². The van der Waals surface area contributed by atoms with Gasteiger partial charge in [-0.15, -0.1) is 24.0 Å². The van der Waals surface area contributed by atoms with Gasteiger partial charge in [-0.3, -0.25) is 9.89 Å². The Bertz CT molecular complexity index is 742. The minimum atomic E-state index is -3.14. The quantitative estimate of drug-likeness (QED) is 0.304. The van der Waals surface area contributed by atoms with Gasteiger partial charge in [-0.25, -0.2) is 8.42 Å². The van der Waals surface area contributed by atoms with Crippen molar-refractivity contribution < 1.29 is 8.42 Å². The third-order valence-corrected chi connectivity index (χ3v) is 6.37. The number of nitrogens with zero attached hydrogens (tertiary/aromatic N) is 2. The summed E-state index contributed by atoms with van der Waals surface area (Å²) in [6, 6.07) is 7.10. The number of piperidine rings is 1. The lowest BCUT2D eigenvalue weighted by molar-refractivity contribution is 0.102. The molecule has 2 rings (SSSR count). The summed E-state index contributed by atoms with van der Waals surface area (Å²) in [7, 11) is -3.14. The van der Waals surface area contributed by atoms with E-state index in [2.05, 4.69) is 36.3 Å². The van der Waals surface area contributed by atoms with Crippen LogP contribution >= 0.6 is 24.0 Å². The molecule has 6 nitrogen and oxygen atoms in total. The molecule has 29 heavy (non-hydrogen) atoms. The Morgan fingerprint density at radius 3 is 2.28 bits per heavy atom. The Hall–Kier alpha value is -0.870. The first-order valence-corrected chi connectivity index (χ1v) is 12.2. The highest BCUT2D eigenvalue weighted by Gasteiger charge is 2.27. The van der Waals surface area contributed by atoms with Crippen LogP contribution in [0.4, 0.5) is 0 Å². The van der Waals surface area contributed by atoms with Crippen LogP contribution in [-0.2, 0) is 16.3 Å². The second kappa shape index (κ2) is 12.1. The van der Waals surface area contributed by atoms with E-state index in [1.54, 1.807) is 12.1 Å². The molecule has 1 saturated heterocycles. The second-order valence-electron chi connectivity index (χ2n) is 8.15. The van der Waals surface area contributed by atoms with Crippen molar-refractivity contribution in [3.63, 3.8) is 0 Å². The molecule has 0 radical (unpaired) electrons. The Labute approximate surface area is 193 Å². The van der Waals surface area contributed by atoms with Gasteiger partial charge in [-0.2, -0.15) is 0 Å². The van der Waals surface area contributed by atoms with Crippen molar-refractivity contribution in [3.8, 4) is 0 Å². The number of guanidine groups is 1. The maximum absolute atomic E-state index is 11.5. The largest absolute Gasteiger partial charge is 0.357 e. The van der Waals surface area contributed by atoms with Crippen LogP contribution in [0.2, 0.25) is 0 Å². The number of sulfone groups is 1. The smallest absolute Gasteiger partial charge is 0.191 e. The summed E-state index contributed by atoms with van der Waals surface area (Å²) < 4.78 is 23.1. The minimum absolute atomic E-state index is 0. The van der Waals surface area contributed by atoms with Crippen molar-refractivity contribution in [1.29, 1.82) is 0 Å². The van der Waals surface area contributed by atoms with E-state index in [0.717, 1.165) is 50.7 Å². The maximum atomic E-state index is 11.5. The fourth-order valence-electron chi connectivity index (χ4n) is 3.44. The Kier molecular flexibility index (Phi) is 10.9. The van der Waals surface area contributed by atoms with Gasteiger partial charge in [0.05, 0.1) is 11.4 Å². The monoisotopic (exact) mass is 536 g/mol. The van der Waals surface area contributed by atoms with Crippen LogP contribution in [0.5, 0.6) is 0 Å². The van der Waals surface area contributed by atoms with Crippen LogP contribution < -0.4 is 10.6 Å². The van der Waals surface area contributed by atoms with E-state index in [0.29, 0.717) is 4.90 Å². The molecule has 166 valence electrons. The average Bonchev–Trinajstić information content (AvgIpc) is 2.66. The molecule has 1 aliphatic heterocycles. The van der Waals surface area contributed by atoms with E-state index in [1.807, 2.05) is 12.1 Å².